The largest absolute Gasteiger partial charge is 0.369 e. The van der Waals surface area contributed by atoms with Gasteiger partial charge < -0.3 is 5.11 Å². The second-order valence-corrected chi connectivity index (χ2v) is 10.5. The van der Waals surface area contributed by atoms with E-state index < -0.39 is 14.2 Å². The Labute approximate surface area is 92.7 Å². The topological polar surface area (TPSA) is 20.2 Å². The van der Waals surface area contributed by atoms with Gasteiger partial charge in [0.2, 0.25) is 0 Å². The highest BCUT2D eigenvalue weighted by atomic mass is 32.2. The summed E-state index contributed by atoms with van der Waals surface area (Å²) < 4.78 is 0. The van der Waals surface area contributed by atoms with Crippen molar-refractivity contribution < 1.29 is 5.11 Å². The van der Waals surface area contributed by atoms with Crippen LogP contribution >= 0.6 is 11.8 Å². The zero-order valence-electron chi connectivity index (χ0n) is 9.51. The van der Waals surface area contributed by atoms with Gasteiger partial charge in [0.25, 0.3) is 0 Å². The first-order valence-electron chi connectivity index (χ1n) is 4.68. The van der Waals surface area contributed by atoms with Crippen molar-refractivity contribution >= 4 is 19.8 Å². The summed E-state index contributed by atoms with van der Waals surface area (Å²) in [6, 6.07) is 0. The van der Waals surface area contributed by atoms with Crippen molar-refractivity contribution in [3.05, 3.63) is 0 Å². The summed E-state index contributed by atoms with van der Waals surface area (Å²) >= 11 is 1.52. The van der Waals surface area contributed by atoms with E-state index in [0.717, 1.165) is 0 Å². The Morgan fingerprint density at radius 3 is 2.14 bits per heavy atom. The maximum absolute atomic E-state index is 9.39. The van der Waals surface area contributed by atoms with Gasteiger partial charge in [0.15, 0.2) is 6.10 Å². The van der Waals surface area contributed by atoms with Crippen LogP contribution in [-0.4, -0.2) is 24.5 Å². The third-order valence-electron chi connectivity index (χ3n) is 1.07. The lowest BCUT2D eigenvalue weighted by molar-refractivity contribution is 0.290. The second kappa shape index (κ2) is 6.19. The van der Waals surface area contributed by atoms with Crippen LogP contribution in [0.2, 0.25) is 19.6 Å². The standard InChI is InChI=1S/C11H18OSSi/c1-10(2)13-8-6-11(12)7-9-14(3,4)5/h10-12H,1-5H3. The number of rotatable bonds is 1. The number of thioether (sulfide) groups is 1. The third-order valence-corrected chi connectivity index (χ3v) is 2.68. The minimum atomic E-state index is -1.38. The van der Waals surface area contributed by atoms with Gasteiger partial charge in [-0.2, -0.15) is 0 Å². The molecule has 0 aromatic carbocycles. The normalized spacial score (nSPS) is 12.5. The molecule has 1 nitrogen and oxygen atoms in total. The highest BCUT2D eigenvalue weighted by Crippen LogP contribution is 2.05. The van der Waals surface area contributed by atoms with Gasteiger partial charge in [-0.3, -0.25) is 0 Å². The molecule has 0 amide bonds. The van der Waals surface area contributed by atoms with Gasteiger partial charge in [-0.15, -0.1) is 5.54 Å². The van der Waals surface area contributed by atoms with E-state index in [4.69, 9.17) is 0 Å². The van der Waals surface area contributed by atoms with Crippen LogP contribution in [0.15, 0.2) is 0 Å². The Kier molecular flexibility index (Phi) is 6.03. The van der Waals surface area contributed by atoms with Crippen LogP contribution in [0.3, 0.4) is 0 Å². The van der Waals surface area contributed by atoms with Crippen LogP contribution in [0.4, 0.5) is 0 Å². The van der Waals surface area contributed by atoms with Crippen molar-refractivity contribution in [2.24, 2.45) is 0 Å². The lowest BCUT2D eigenvalue weighted by Gasteiger charge is -2.03. The van der Waals surface area contributed by atoms with Crippen molar-refractivity contribution in [1.29, 1.82) is 0 Å². The number of aliphatic hydroxyl groups is 1. The monoisotopic (exact) mass is 226 g/mol. The molecule has 1 unspecified atom stereocenters. The Morgan fingerprint density at radius 1 is 1.14 bits per heavy atom. The molecule has 0 rings (SSSR count). The summed E-state index contributed by atoms with van der Waals surface area (Å²) in [4.78, 5) is 0. The number of hydrogen-bond acceptors (Lipinski definition) is 2. The molecule has 0 aromatic rings. The molecule has 0 fully saturated rings. The molecule has 1 atom stereocenters. The molecule has 0 aliphatic heterocycles. The van der Waals surface area contributed by atoms with E-state index in [-0.39, 0.29) is 0 Å². The third kappa shape index (κ3) is 9.73. The predicted octanol–water partition coefficient (Wildman–Crippen LogP) is 2.33. The van der Waals surface area contributed by atoms with Gasteiger partial charge in [0.1, 0.15) is 8.07 Å². The van der Waals surface area contributed by atoms with Crippen molar-refractivity contribution in [1.82, 2.24) is 0 Å². The van der Waals surface area contributed by atoms with Gasteiger partial charge in [-0.05, 0) is 11.2 Å². The summed E-state index contributed by atoms with van der Waals surface area (Å²) in [5.74, 6) is 5.48. The zero-order chi connectivity index (χ0) is 11.2. The van der Waals surface area contributed by atoms with E-state index in [1.165, 1.54) is 11.8 Å². The van der Waals surface area contributed by atoms with Gasteiger partial charge in [-0.25, -0.2) is 0 Å². The summed E-state index contributed by atoms with van der Waals surface area (Å²) in [5.41, 5.74) is 3.09. The molecular weight excluding hydrogens is 208 g/mol. The van der Waals surface area contributed by atoms with E-state index >= 15 is 0 Å². The van der Waals surface area contributed by atoms with E-state index in [0.29, 0.717) is 5.25 Å². The molecule has 0 saturated heterocycles. The fraction of sp³-hybridized carbons (Fsp3) is 0.636. The molecule has 0 saturated carbocycles. The van der Waals surface area contributed by atoms with Gasteiger partial charge in [0, 0.05) is 5.25 Å². The fourth-order valence-corrected chi connectivity index (χ4v) is 1.51. The number of hydrogen-bond donors (Lipinski definition) is 1. The average Bonchev–Trinajstić information content (AvgIpc) is 1.99. The van der Waals surface area contributed by atoms with Crippen LogP contribution in [0, 0.1) is 22.6 Å². The van der Waals surface area contributed by atoms with Crippen LogP contribution in [0.1, 0.15) is 13.8 Å². The quantitative estimate of drug-likeness (QED) is 0.547. The first-order valence-corrected chi connectivity index (χ1v) is 9.06. The van der Waals surface area contributed by atoms with Crippen molar-refractivity contribution in [2.45, 2.75) is 44.8 Å². The lowest BCUT2D eigenvalue weighted by Crippen LogP contribution is -2.17. The highest BCUT2D eigenvalue weighted by molar-refractivity contribution is 8.04. The summed E-state index contributed by atoms with van der Waals surface area (Å²) in [6.07, 6.45) is -0.784. The minimum Gasteiger partial charge on any atom is -0.369 e. The highest BCUT2D eigenvalue weighted by Gasteiger charge is 2.07. The molecule has 0 spiro atoms. The Bertz CT molecular complexity index is 282. The van der Waals surface area contributed by atoms with Crippen molar-refractivity contribution in [3.63, 3.8) is 0 Å². The van der Waals surface area contributed by atoms with E-state index in [1.807, 2.05) is 0 Å². The first kappa shape index (κ1) is 13.6. The molecule has 0 aliphatic carbocycles. The molecule has 3 heteroatoms. The average molecular weight is 226 g/mol. The van der Waals surface area contributed by atoms with E-state index in [1.54, 1.807) is 0 Å². The molecule has 0 aliphatic rings. The van der Waals surface area contributed by atoms with Gasteiger partial charge >= 0.3 is 0 Å². The Hall–Kier alpha value is -0.353. The molecule has 78 valence electrons. The van der Waals surface area contributed by atoms with E-state index in [9.17, 15) is 5.11 Å². The maximum atomic E-state index is 9.39. The molecule has 0 heterocycles. The molecule has 0 radical (unpaired) electrons. The van der Waals surface area contributed by atoms with Crippen LogP contribution < -0.4 is 0 Å². The first-order chi connectivity index (χ1) is 6.31. The number of aliphatic hydroxyl groups excluding tert-OH is 1. The van der Waals surface area contributed by atoms with Crippen LogP contribution in [0.25, 0.3) is 0 Å². The molecule has 1 N–H and O–H groups in total. The minimum absolute atomic E-state index is 0.472. The van der Waals surface area contributed by atoms with E-state index in [2.05, 4.69) is 56.1 Å². The van der Waals surface area contributed by atoms with Crippen molar-refractivity contribution in [2.75, 3.05) is 0 Å². The fourth-order valence-electron chi connectivity index (χ4n) is 0.529. The van der Waals surface area contributed by atoms with Crippen LogP contribution in [0.5, 0.6) is 0 Å². The molecule has 0 bridgehead atoms. The smallest absolute Gasteiger partial charge is 0.176 e. The Morgan fingerprint density at radius 2 is 1.71 bits per heavy atom. The predicted molar refractivity (Wildman–Crippen MR) is 67.6 cm³/mol. The van der Waals surface area contributed by atoms with Crippen molar-refractivity contribution in [3.8, 4) is 22.6 Å². The SMILES string of the molecule is CC(C)SC#CC(O)C#C[Si](C)(C)C. The maximum Gasteiger partial charge on any atom is 0.176 e. The van der Waals surface area contributed by atoms with Gasteiger partial charge in [-0.1, -0.05) is 51.2 Å². The molecular formula is C11H18OSSi. The molecule has 14 heavy (non-hydrogen) atoms. The summed E-state index contributed by atoms with van der Waals surface area (Å²) in [7, 11) is -1.38. The zero-order valence-corrected chi connectivity index (χ0v) is 11.3. The van der Waals surface area contributed by atoms with Gasteiger partial charge in [0.05, 0.1) is 0 Å². The summed E-state index contributed by atoms with van der Waals surface area (Å²) in [5, 5.41) is 12.7. The second-order valence-electron chi connectivity index (χ2n) is 4.33. The Balaban J connectivity index is 4.12. The summed E-state index contributed by atoms with van der Waals surface area (Å²) in [6.45, 7) is 10.6. The lowest BCUT2D eigenvalue weighted by atomic mass is 10.4. The molecule has 0 aromatic heterocycles. The van der Waals surface area contributed by atoms with Crippen LogP contribution in [-0.2, 0) is 0 Å².